The fraction of sp³-hybridized carbons (Fsp3) is 0.833. The van der Waals surface area contributed by atoms with E-state index in [2.05, 4.69) is 22.5 Å². The van der Waals surface area contributed by atoms with Crippen molar-refractivity contribution in [3.63, 3.8) is 0 Å². The van der Waals surface area contributed by atoms with Crippen molar-refractivity contribution >= 4 is 11.9 Å². The van der Waals surface area contributed by atoms with E-state index in [9.17, 15) is 9.59 Å². The molecule has 0 aromatic carbocycles. The van der Waals surface area contributed by atoms with Crippen molar-refractivity contribution in [3.05, 3.63) is 0 Å². The van der Waals surface area contributed by atoms with Crippen molar-refractivity contribution in [1.29, 1.82) is 0 Å². The van der Waals surface area contributed by atoms with Gasteiger partial charge in [-0.1, -0.05) is 0 Å². The van der Waals surface area contributed by atoms with Gasteiger partial charge >= 0.3 is 6.03 Å². The van der Waals surface area contributed by atoms with Gasteiger partial charge in [-0.05, 0) is 33.6 Å². The lowest BCUT2D eigenvalue weighted by Gasteiger charge is -2.39. The smallest absolute Gasteiger partial charge is 0.321 e. The molecule has 1 aliphatic rings. The second-order valence-electron chi connectivity index (χ2n) is 4.90. The maximum Gasteiger partial charge on any atom is 0.321 e. The van der Waals surface area contributed by atoms with Gasteiger partial charge in [-0.25, -0.2) is 4.79 Å². The molecule has 1 heterocycles. The summed E-state index contributed by atoms with van der Waals surface area (Å²) < 4.78 is 0. The van der Waals surface area contributed by atoms with E-state index >= 15 is 0 Å². The van der Waals surface area contributed by atoms with Crippen molar-refractivity contribution in [2.45, 2.75) is 51.7 Å². The Kier molecular flexibility index (Phi) is 5.55. The number of hydrogen-bond donors (Lipinski definition) is 3. The van der Waals surface area contributed by atoms with Crippen LogP contribution in [-0.2, 0) is 4.79 Å². The number of carbonyl (C=O) groups is 2. The number of nitrogens with one attached hydrogen (secondary N) is 2. The number of piperidine rings is 1. The summed E-state index contributed by atoms with van der Waals surface area (Å²) in [4.78, 5) is 25.3. The van der Waals surface area contributed by atoms with Crippen molar-refractivity contribution < 1.29 is 9.59 Å². The number of likely N-dealkylation sites (tertiary alicyclic amines) is 1. The Balaban J connectivity index is 2.50. The minimum absolute atomic E-state index is 0.218. The second-order valence-corrected chi connectivity index (χ2v) is 4.90. The SMILES string of the molecule is CCNC(=O)NC(=O)C(C)N1CCC(N)CC1C. The van der Waals surface area contributed by atoms with Gasteiger partial charge in [0.15, 0.2) is 0 Å². The number of nitrogens with two attached hydrogens (primary N) is 1. The van der Waals surface area contributed by atoms with E-state index in [0.717, 1.165) is 19.4 Å². The van der Waals surface area contributed by atoms with Gasteiger partial charge in [0.2, 0.25) is 5.91 Å². The predicted molar refractivity (Wildman–Crippen MR) is 70.1 cm³/mol. The molecule has 1 aliphatic heterocycles. The van der Waals surface area contributed by atoms with E-state index in [1.807, 2.05) is 13.8 Å². The molecule has 0 aromatic heterocycles. The lowest BCUT2D eigenvalue weighted by atomic mass is 9.97. The van der Waals surface area contributed by atoms with Gasteiger partial charge in [0, 0.05) is 25.2 Å². The molecule has 6 nitrogen and oxygen atoms in total. The maximum atomic E-state index is 11.9. The molecule has 1 saturated heterocycles. The van der Waals surface area contributed by atoms with E-state index in [-0.39, 0.29) is 24.0 Å². The Bertz CT molecular complexity index is 308. The van der Waals surface area contributed by atoms with Crippen LogP contribution >= 0.6 is 0 Å². The molecule has 1 fully saturated rings. The summed E-state index contributed by atoms with van der Waals surface area (Å²) in [5.41, 5.74) is 5.89. The summed E-state index contributed by atoms with van der Waals surface area (Å²) in [6.07, 6.45) is 1.78. The second kappa shape index (κ2) is 6.70. The zero-order valence-electron chi connectivity index (χ0n) is 11.4. The Hall–Kier alpha value is -1.14. The number of carbonyl (C=O) groups excluding carboxylic acids is 2. The molecule has 0 aromatic rings. The van der Waals surface area contributed by atoms with Crippen LogP contribution in [0.15, 0.2) is 0 Å². The molecule has 4 N–H and O–H groups in total. The average molecular weight is 256 g/mol. The van der Waals surface area contributed by atoms with Gasteiger partial charge < -0.3 is 11.1 Å². The first-order valence-corrected chi connectivity index (χ1v) is 6.55. The number of hydrogen-bond acceptors (Lipinski definition) is 4. The standard InChI is InChI=1S/C12H24N4O2/c1-4-14-12(18)15-11(17)9(3)16-6-5-10(13)7-8(16)2/h8-10H,4-7,13H2,1-3H3,(H2,14,15,17,18). The molecule has 18 heavy (non-hydrogen) atoms. The normalized spacial score (nSPS) is 26.4. The largest absolute Gasteiger partial charge is 0.338 e. The highest BCUT2D eigenvalue weighted by atomic mass is 16.2. The number of urea groups is 1. The third-order valence-electron chi connectivity index (χ3n) is 3.42. The van der Waals surface area contributed by atoms with Crippen molar-refractivity contribution in [2.75, 3.05) is 13.1 Å². The van der Waals surface area contributed by atoms with Gasteiger partial charge in [0.05, 0.1) is 6.04 Å². The molecular weight excluding hydrogens is 232 g/mol. The van der Waals surface area contributed by atoms with E-state index in [4.69, 9.17) is 5.73 Å². The fourth-order valence-electron chi connectivity index (χ4n) is 2.37. The molecule has 1 rings (SSSR count). The van der Waals surface area contributed by atoms with Gasteiger partial charge in [-0.15, -0.1) is 0 Å². The van der Waals surface area contributed by atoms with E-state index < -0.39 is 6.03 Å². The molecule has 0 saturated carbocycles. The van der Waals surface area contributed by atoms with Crippen LogP contribution in [0.1, 0.15) is 33.6 Å². The monoisotopic (exact) mass is 256 g/mol. The third kappa shape index (κ3) is 3.96. The molecule has 3 unspecified atom stereocenters. The van der Waals surface area contributed by atoms with Crippen molar-refractivity contribution in [2.24, 2.45) is 5.73 Å². The van der Waals surface area contributed by atoms with Crippen molar-refractivity contribution in [3.8, 4) is 0 Å². The average Bonchev–Trinajstić information content (AvgIpc) is 2.28. The molecule has 3 amide bonds. The van der Waals surface area contributed by atoms with Crippen LogP contribution < -0.4 is 16.4 Å². The molecule has 0 spiro atoms. The third-order valence-corrected chi connectivity index (χ3v) is 3.42. The number of imide groups is 1. The lowest BCUT2D eigenvalue weighted by Crippen LogP contribution is -2.55. The van der Waals surface area contributed by atoms with Crippen molar-refractivity contribution in [1.82, 2.24) is 15.5 Å². The summed E-state index contributed by atoms with van der Waals surface area (Å²) in [5.74, 6) is -0.261. The van der Waals surface area contributed by atoms with E-state index in [0.29, 0.717) is 6.54 Å². The fourth-order valence-corrected chi connectivity index (χ4v) is 2.37. The summed E-state index contributed by atoms with van der Waals surface area (Å²) >= 11 is 0. The number of amides is 3. The van der Waals surface area contributed by atoms with E-state index in [1.165, 1.54) is 0 Å². The van der Waals surface area contributed by atoms with Gasteiger partial charge in [0.1, 0.15) is 0 Å². The highest BCUT2D eigenvalue weighted by Gasteiger charge is 2.30. The first kappa shape index (κ1) is 14.9. The topological polar surface area (TPSA) is 87.5 Å². The Morgan fingerprint density at radius 2 is 2.17 bits per heavy atom. The Morgan fingerprint density at radius 3 is 2.72 bits per heavy atom. The highest BCUT2D eigenvalue weighted by Crippen LogP contribution is 2.18. The number of nitrogens with zero attached hydrogens (tertiary/aromatic N) is 1. The van der Waals surface area contributed by atoms with Gasteiger partial charge in [-0.3, -0.25) is 15.0 Å². The van der Waals surface area contributed by atoms with Gasteiger partial charge in [0.25, 0.3) is 0 Å². The summed E-state index contributed by atoms with van der Waals surface area (Å²) in [6, 6.07) is -0.260. The quantitative estimate of drug-likeness (QED) is 0.665. The van der Waals surface area contributed by atoms with Crippen LogP contribution in [0.5, 0.6) is 0 Å². The minimum Gasteiger partial charge on any atom is -0.338 e. The summed E-state index contributed by atoms with van der Waals surface area (Å²) in [5, 5.41) is 4.89. The summed E-state index contributed by atoms with van der Waals surface area (Å²) in [7, 11) is 0. The zero-order chi connectivity index (χ0) is 13.7. The molecule has 0 bridgehead atoms. The van der Waals surface area contributed by atoms with Crippen LogP contribution in [0, 0.1) is 0 Å². The first-order valence-electron chi connectivity index (χ1n) is 6.55. The molecule has 3 atom stereocenters. The lowest BCUT2D eigenvalue weighted by molar-refractivity contribution is -0.126. The minimum atomic E-state index is -0.435. The predicted octanol–water partition coefficient (Wildman–Crippen LogP) is 0.0322. The molecule has 0 radical (unpaired) electrons. The molecular formula is C12H24N4O2. The summed E-state index contributed by atoms with van der Waals surface area (Å²) in [6.45, 7) is 6.99. The van der Waals surface area contributed by atoms with Crippen LogP contribution in [0.2, 0.25) is 0 Å². The molecule has 6 heteroatoms. The molecule has 104 valence electrons. The highest BCUT2D eigenvalue weighted by molar-refractivity contribution is 5.96. The molecule has 0 aliphatic carbocycles. The maximum absolute atomic E-state index is 11.9. The zero-order valence-corrected chi connectivity index (χ0v) is 11.4. The first-order chi connectivity index (χ1) is 8.45. The van der Waals surface area contributed by atoms with Crippen LogP contribution in [0.4, 0.5) is 4.79 Å². The van der Waals surface area contributed by atoms with E-state index in [1.54, 1.807) is 0 Å². The van der Waals surface area contributed by atoms with Crippen LogP contribution in [0.3, 0.4) is 0 Å². The Labute approximate surface area is 108 Å². The van der Waals surface area contributed by atoms with Crippen LogP contribution in [-0.4, -0.2) is 48.1 Å². The Morgan fingerprint density at radius 1 is 1.50 bits per heavy atom. The number of rotatable bonds is 3. The van der Waals surface area contributed by atoms with Gasteiger partial charge in [-0.2, -0.15) is 0 Å². The van der Waals surface area contributed by atoms with Crippen LogP contribution in [0.25, 0.3) is 0 Å².